The van der Waals surface area contributed by atoms with Crippen LogP contribution in [0.2, 0.25) is 0 Å². The average molecular weight is 643 g/mol. The maximum Gasteiger partial charge on any atom is 0.329 e. The van der Waals surface area contributed by atoms with Gasteiger partial charge in [-0.1, -0.05) is 84.9 Å². The molecule has 0 spiro atoms. The quantitative estimate of drug-likeness (QED) is 0.111. The second-order valence-electron chi connectivity index (χ2n) is 12.6. The topological polar surface area (TPSA) is 101 Å². The Morgan fingerprint density at radius 2 is 1.10 bits per heavy atom. The summed E-state index contributed by atoms with van der Waals surface area (Å²) in [4.78, 5) is 71.6. The van der Waals surface area contributed by atoms with Crippen LogP contribution in [0.5, 0.6) is 0 Å². The summed E-state index contributed by atoms with van der Waals surface area (Å²) < 4.78 is 5.03. The second kappa shape index (κ2) is 10.6. The lowest BCUT2D eigenvalue weighted by atomic mass is 9.85. The van der Waals surface area contributed by atoms with Crippen LogP contribution < -0.4 is 0 Å². The predicted octanol–water partition coefficient (Wildman–Crippen LogP) is 6.91. The number of nitrogens with zero attached hydrogens (tertiary/aromatic N) is 2. The number of imide groups is 2. The van der Waals surface area contributed by atoms with Crippen molar-refractivity contribution in [1.82, 2.24) is 9.80 Å². The minimum absolute atomic E-state index is 0.0439. The Balaban J connectivity index is 1.12. The summed E-state index contributed by atoms with van der Waals surface area (Å²) in [5.41, 5.74) is 2.31. The summed E-state index contributed by atoms with van der Waals surface area (Å²) in [6.07, 6.45) is 0.0641. The molecule has 0 radical (unpaired) electrons. The molecule has 8 heteroatoms. The smallest absolute Gasteiger partial charge is 0.329 e. The van der Waals surface area contributed by atoms with Crippen molar-refractivity contribution in [3.05, 3.63) is 143 Å². The largest absolute Gasteiger partial charge is 0.467 e. The highest BCUT2D eigenvalue weighted by molar-refractivity contribution is 6.34. The number of rotatable bonds is 6. The first-order valence-electron chi connectivity index (χ1n) is 16.0. The molecular weight excluding hydrogens is 616 g/mol. The van der Waals surface area contributed by atoms with Gasteiger partial charge in [-0.25, -0.2) is 4.79 Å². The molecule has 0 unspecified atom stereocenters. The number of hydrogen-bond acceptors (Lipinski definition) is 6. The molecule has 8 nitrogen and oxygen atoms in total. The first-order chi connectivity index (χ1) is 23.9. The maximum absolute atomic E-state index is 14.1. The Morgan fingerprint density at radius 1 is 0.571 bits per heavy atom. The molecule has 236 valence electrons. The van der Waals surface area contributed by atoms with E-state index in [2.05, 4.69) is 30.3 Å². The van der Waals surface area contributed by atoms with Gasteiger partial charge in [0.1, 0.15) is 6.04 Å². The standard InChI is InChI=1S/C41H26N2O6/c1-49-41(48)32(20-22-6-3-2-4-7-22)43-39(46)30-18-16-28-35-29(17-19-31(36(30)35)40(43)47)38(45)42(37(28)44)21-26-13-12-25-11-10-23-8-5-9-24-14-15-27(26)34(25)33(23)24/h2-19,32H,20-21H2,1H3/t32-/m0/s1. The van der Waals surface area contributed by atoms with Crippen molar-refractivity contribution in [3.8, 4) is 0 Å². The van der Waals surface area contributed by atoms with Crippen molar-refractivity contribution in [2.24, 2.45) is 0 Å². The molecular formula is C41H26N2O6. The average Bonchev–Trinajstić information content (AvgIpc) is 3.13. The van der Waals surface area contributed by atoms with Crippen LogP contribution in [0, 0.1) is 0 Å². The number of esters is 1. The molecule has 0 fully saturated rings. The van der Waals surface area contributed by atoms with Gasteiger partial charge in [0.05, 0.1) is 13.7 Å². The fourth-order valence-corrected chi connectivity index (χ4v) is 7.73. The summed E-state index contributed by atoms with van der Waals surface area (Å²) in [5.74, 6) is -3.13. The Hall–Kier alpha value is -6.41. The molecule has 9 rings (SSSR count). The number of methoxy groups -OCH3 is 1. The maximum atomic E-state index is 14.1. The lowest BCUT2D eigenvalue weighted by molar-refractivity contribution is -0.145. The minimum atomic E-state index is -1.22. The van der Waals surface area contributed by atoms with Crippen molar-refractivity contribution in [2.45, 2.75) is 19.0 Å². The molecule has 0 N–H and O–H groups in total. The van der Waals surface area contributed by atoms with E-state index in [1.54, 1.807) is 12.1 Å². The fraction of sp³-hybridized carbons (Fsp3) is 0.0976. The zero-order chi connectivity index (χ0) is 33.6. The number of amides is 4. The highest BCUT2D eigenvalue weighted by Crippen LogP contribution is 2.40. The fourth-order valence-electron chi connectivity index (χ4n) is 7.73. The zero-order valence-electron chi connectivity index (χ0n) is 26.2. The van der Waals surface area contributed by atoms with Gasteiger partial charge in [0.2, 0.25) is 0 Å². The van der Waals surface area contributed by atoms with E-state index in [1.165, 1.54) is 36.3 Å². The lowest BCUT2D eigenvalue weighted by Gasteiger charge is -2.34. The van der Waals surface area contributed by atoms with Crippen LogP contribution in [0.25, 0.3) is 43.1 Å². The molecule has 7 aromatic carbocycles. The van der Waals surface area contributed by atoms with Gasteiger partial charge in [0, 0.05) is 39.4 Å². The third-order valence-electron chi connectivity index (χ3n) is 10.0. The molecule has 0 aromatic heterocycles. The molecule has 0 bridgehead atoms. The minimum Gasteiger partial charge on any atom is -0.467 e. The van der Waals surface area contributed by atoms with Gasteiger partial charge in [0.15, 0.2) is 0 Å². The number of ether oxygens (including phenoxy) is 1. The first kappa shape index (κ1) is 28.8. The molecule has 2 aliphatic heterocycles. The molecule has 7 aromatic rings. The summed E-state index contributed by atoms with van der Waals surface area (Å²) in [7, 11) is 1.21. The van der Waals surface area contributed by atoms with Gasteiger partial charge in [-0.3, -0.25) is 29.0 Å². The molecule has 2 heterocycles. The van der Waals surface area contributed by atoms with Gasteiger partial charge < -0.3 is 4.74 Å². The van der Waals surface area contributed by atoms with Crippen LogP contribution in [0.4, 0.5) is 0 Å². The molecule has 2 aliphatic rings. The predicted molar refractivity (Wildman–Crippen MR) is 185 cm³/mol. The van der Waals surface area contributed by atoms with E-state index in [4.69, 9.17) is 4.74 Å². The van der Waals surface area contributed by atoms with Crippen molar-refractivity contribution in [2.75, 3.05) is 7.11 Å². The van der Waals surface area contributed by atoms with Crippen LogP contribution in [0.15, 0.2) is 109 Å². The Labute approximate surface area is 279 Å². The number of carbonyl (C=O) groups is 5. The number of benzene rings is 7. The van der Waals surface area contributed by atoms with Crippen molar-refractivity contribution < 1.29 is 28.7 Å². The van der Waals surface area contributed by atoms with Crippen LogP contribution in [0.3, 0.4) is 0 Å². The summed E-state index contributed by atoms with van der Waals surface area (Å²) in [6, 6.07) is 32.4. The van der Waals surface area contributed by atoms with Gasteiger partial charge >= 0.3 is 5.97 Å². The molecule has 49 heavy (non-hydrogen) atoms. The van der Waals surface area contributed by atoms with Gasteiger partial charge in [-0.05, 0) is 67.7 Å². The molecule has 4 amide bonds. The Morgan fingerprint density at radius 3 is 1.69 bits per heavy atom. The van der Waals surface area contributed by atoms with Gasteiger partial charge in [0.25, 0.3) is 23.6 Å². The number of hydrogen-bond donors (Lipinski definition) is 0. The van der Waals surface area contributed by atoms with Crippen molar-refractivity contribution in [3.63, 3.8) is 0 Å². The first-order valence-corrected chi connectivity index (χ1v) is 16.0. The third-order valence-corrected chi connectivity index (χ3v) is 10.0. The monoisotopic (exact) mass is 642 g/mol. The van der Waals surface area contributed by atoms with Crippen molar-refractivity contribution >= 4 is 72.7 Å². The zero-order valence-corrected chi connectivity index (χ0v) is 26.2. The summed E-state index contributed by atoms with van der Waals surface area (Å²) >= 11 is 0. The van der Waals surface area contributed by atoms with E-state index in [0.717, 1.165) is 48.3 Å². The highest BCUT2D eigenvalue weighted by Gasteiger charge is 2.44. The number of carbonyl (C=O) groups excluding carboxylic acids is 5. The van der Waals surface area contributed by atoms with Crippen LogP contribution in [-0.2, 0) is 22.5 Å². The SMILES string of the molecule is COC(=O)[C@H](Cc1ccccc1)N1C(=O)c2ccc3c4c(ccc(c24)C1=O)C(=O)N(Cc1ccc2ccc4cccc5ccc1c2c45)C3=O. The Bertz CT molecular complexity index is 2520. The summed E-state index contributed by atoms with van der Waals surface area (Å²) in [5, 5.41) is 7.02. The van der Waals surface area contributed by atoms with E-state index in [9.17, 15) is 24.0 Å². The van der Waals surface area contributed by atoms with E-state index in [1.807, 2.05) is 42.5 Å². The molecule has 0 saturated carbocycles. The van der Waals surface area contributed by atoms with Crippen LogP contribution in [0.1, 0.15) is 52.6 Å². The Kier molecular flexibility index (Phi) is 6.20. The lowest BCUT2D eigenvalue weighted by Crippen LogP contribution is -2.52. The second-order valence-corrected chi connectivity index (χ2v) is 12.6. The molecule has 1 atom stereocenters. The van der Waals surface area contributed by atoms with Crippen LogP contribution >= 0.6 is 0 Å². The van der Waals surface area contributed by atoms with Gasteiger partial charge in [-0.15, -0.1) is 0 Å². The van der Waals surface area contributed by atoms with E-state index < -0.39 is 35.6 Å². The van der Waals surface area contributed by atoms with E-state index in [0.29, 0.717) is 0 Å². The summed E-state index contributed by atoms with van der Waals surface area (Å²) in [6.45, 7) is 0.0439. The van der Waals surface area contributed by atoms with Crippen LogP contribution in [-0.4, -0.2) is 52.5 Å². The van der Waals surface area contributed by atoms with E-state index >= 15 is 0 Å². The highest BCUT2D eigenvalue weighted by atomic mass is 16.5. The molecule has 0 saturated heterocycles. The third kappa shape index (κ3) is 4.07. The molecule has 0 aliphatic carbocycles. The van der Waals surface area contributed by atoms with Crippen molar-refractivity contribution in [1.29, 1.82) is 0 Å². The normalized spacial score (nSPS) is 14.9. The van der Waals surface area contributed by atoms with Gasteiger partial charge in [-0.2, -0.15) is 0 Å². The van der Waals surface area contributed by atoms with E-state index in [-0.39, 0.29) is 46.0 Å².